The summed E-state index contributed by atoms with van der Waals surface area (Å²) in [5.41, 5.74) is 10.4. The third-order valence-corrected chi connectivity index (χ3v) is 32.2. The molecule has 147 heavy (non-hydrogen) atoms. The van der Waals surface area contributed by atoms with E-state index in [2.05, 4.69) is 139 Å². The van der Waals surface area contributed by atoms with Crippen molar-refractivity contribution in [3.63, 3.8) is 0 Å². The number of hydrogen-bond acceptors (Lipinski definition) is 29. The van der Waals surface area contributed by atoms with Crippen LogP contribution in [0.3, 0.4) is 0 Å². The number of carbonyl (C=O) groups excluding carboxylic acids is 5. The Kier molecular flexibility index (Phi) is 33.0. The number of nitrogen functional groups attached to an aromatic ring is 1. The number of nitrogens with one attached hydrogen (secondary N) is 7. The van der Waals surface area contributed by atoms with Gasteiger partial charge >= 0.3 is 6.09 Å². The number of anilines is 5. The van der Waals surface area contributed by atoms with Crippen LogP contribution in [0.4, 0.5) is 33.9 Å². The van der Waals surface area contributed by atoms with Crippen LogP contribution in [-0.4, -0.2) is 170 Å². The second-order valence-corrected chi connectivity index (χ2v) is 48.6. The summed E-state index contributed by atoms with van der Waals surface area (Å²) in [5.74, 6) is 0.681. The number of aryl methyl sites for hydroxylation is 2. The normalized spacial score (nSPS) is 19.0. The first kappa shape index (κ1) is 110. The van der Waals surface area contributed by atoms with Crippen molar-refractivity contribution in [2.24, 2.45) is 29.6 Å². The summed E-state index contributed by atoms with van der Waals surface area (Å²) in [6.07, 6.45) is 12.2. The average Bonchev–Trinajstić information content (AvgIpc) is 1.79. The molecule has 4 aliphatic heterocycles. The van der Waals surface area contributed by atoms with Crippen LogP contribution in [0.1, 0.15) is 232 Å². The highest BCUT2D eigenvalue weighted by molar-refractivity contribution is 7.91. The molecule has 778 valence electrons. The maximum Gasteiger partial charge on any atom is 0.407 e. The molecule has 0 radical (unpaired) electrons. The number of sulfonamides is 4. The Morgan fingerprint density at radius 3 is 1.34 bits per heavy atom. The second kappa shape index (κ2) is 44.2. The van der Waals surface area contributed by atoms with Gasteiger partial charge in [0, 0.05) is 107 Å². The summed E-state index contributed by atoms with van der Waals surface area (Å²) < 4.78 is 123. The number of ether oxygens (including phenoxy) is 2. The molecule has 36 nitrogen and oxygen atoms in total. The molecule has 11 aromatic rings. The molecular formula is C107H129N19O17S4. The van der Waals surface area contributed by atoms with Crippen LogP contribution in [0, 0.1) is 54.8 Å². The first-order valence-corrected chi connectivity index (χ1v) is 54.5. The number of pyridine rings is 8. The van der Waals surface area contributed by atoms with Crippen molar-refractivity contribution in [2.45, 2.75) is 235 Å². The van der Waals surface area contributed by atoms with Crippen molar-refractivity contribution in [3.05, 3.63) is 260 Å². The van der Waals surface area contributed by atoms with Crippen molar-refractivity contribution in [1.29, 1.82) is 5.26 Å². The molecule has 0 bridgehead atoms. The Morgan fingerprint density at radius 2 is 0.891 bits per heavy atom. The number of benzene rings is 3. The van der Waals surface area contributed by atoms with Crippen LogP contribution >= 0.6 is 0 Å². The molecule has 8 aromatic heterocycles. The summed E-state index contributed by atoms with van der Waals surface area (Å²) in [7, 11) is -15.7. The summed E-state index contributed by atoms with van der Waals surface area (Å²) in [6.45, 7) is 39.4. The minimum absolute atomic E-state index is 0.00245. The molecule has 40 heteroatoms. The van der Waals surface area contributed by atoms with E-state index in [-0.39, 0.29) is 78.0 Å². The smallest absolute Gasteiger partial charge is 0.407 e. The number of amides is 5. The number of H-pyrrole nitrogens is 2. The highest BCUT2D eigenvalue weighted by Crippen LogP contribution is 2.45. The van der Waals surface area contributed by atoms with E-state index in [9.17, 15) is 72.5 Å². The minimum Gasteiger partial charge on any atom is -0.496 e. The summed E-state index contributed by atoms with van der Waals surface area (Å²) in [5, 5.41) is 12.3. The predicted molar refractivity (Wildman–Crippen MR) is 564 cm³/mol. The Hall–Kier alpha value is -14.3. The Balaban J connectivity index is 0.000000164. The van der Waals surface area contributed by atoms with Gasteiger partial charge in [-0.3, -0.25) is 28.8 Å². The molecule has 2 unspecified atom stereocenters. The lowest BCUT2D eigenvalue weighted by Gasteiger charge is -2.34. The fourth-order valence-electron chi connectivity index (χ4n) is 20.2. The van der Waals surface area contributed by atoms with Crippen LogP contribution in [0.15, 0.2) is 224 Å². The maximum atomic E-state index is 13.3. The Bertz CT molecular complexity index is 7470. The molecule has 5 aliphatic rings. The van der Waals surface area contributed by atoms with E-state index >= 15 is 0 Å². The van der Waals surface area contributed by atoms with Gasteiger partial charge in [0.25, 0.3) is 74.8 Å². The molecule has 0 spiro atoms. The highest BCUT2D eigenvalue weighted by Gasteiger charge is 2.45. The Labute approximate surface area is 859 Å². The number of nitrogens with two attached hydrogens (primary N) is 1. The Morgan fingerprint density at radius 1 is 0.476 bits per heavy atom. The SMILES string of the molecule is CC1CN(c2ncccc2C(=O)NS(=O)(=O)c2cccc(C(C)C3CCC(NC(=O)OC(C)(C)C)CC3)n2)C(C)(C)C1.COc1cc(-c2ccc(C(=O)NS(=O)(=O)c3ccc[nH]c3=O)c(N3C[C@@H](C)CC3(C)C)n2)ccc1C.C[C@@H]1CN(c2nc(-c3ccccc3C#N)ccc2C(=O)NS(=O)(=O)c2cccnc2N)C(C)(C)C1.Cc1ccc(-c2ccc(C(=O)NS(=O)(=O)c3ccc[nH]c3=O)c(N3C[C@@H](C)CC3(C)C)n2)cc1. The van der Waals surface area contributed by atoms with E-state index in [1.807, 2.05) is 115 Å². The quantitative estimate of drug-likeness (QED) is 0.0295. The van der Waals surface area contributed by atoms with E-state index in [0.717, 1.165) is 92.3 Å². The highest BCUT2D eigenvalue weighted by atomic mass is 32.2. The lowest BCUT2D eigenvalue weighted by molar-refractivity contribution is 0.0484. The van der Waals surface area contributed by atoms with Gasteiger partial charge in [0.05, 0.1) is 58.1 Å². The monoisotopic (exact) mass is 2080 g/mol. The zero-order valence-electron chi connectivity index (χ0n) is 86.1. The summed E-state index contributed by atoms with van der Waals surface area (Å²) >= 11 is 0. The van der Waals surface area contributed by atoms with Gasteiger partial charge < -0.3 is 50.1 Å². The molecule has 1 aliphatic carbocycles. The van der Waals surface area contributed by atoms with Gasteiger partial charge in [0.2, 0.25) is 0 Å². The maximum absolute atomic E-state index is 13.3. The number of nitriles is 1. The van der Waals surface area contributed by atoms with Crippen molar-refractivity contribution in [1.82, 2.24) is 64.1 Å². The van der Waals surface area contributed by atoms with Gasteiger partial charge in [0.1, 0.15) is 45.3 Å². The summed E-state index contributed by atoms with van der Waals surface area (Å²) in [4.78, 5) is 128. The molecule has 5 amide bonds. The zero-order valence-corrected chi connectivity index (χ0v) is 89.3. The number of carbonyl (C=O) groups is 5. The largest absolute Gasteiger partial charge is 0.496 e. The first-order valence-electron chi connectivity index (χ1n) is 48.6. The van der Waals surface area contributed by atoms with Crippen LogP contribution in [0.2, 0.25) is 0 Å². The fourth-order valence-corrected chi connectivity index (χ4v) is 24.2. The molecule has 16 rings (SSSR count). The molecule has 5 fully saturated rings. The van der Waals surface area contributed by atoms with Crippen molar-refractivity contribution < 1.29 is 67.1 Å². The number of aromatic nitrogens is 8. The number of aromatic amines is 2. The second-order valence-electron chi connectivity index (χ2n) is 42.0. The van der Waals surface area contributed by atoms with E-state index in [1.165, 1.54) is 48.9 Å². The van der Waals surface area contributed by atoms with Crippen molar-refractivity contribution in [2.75, 3.05) is 58.6 Å². The summed E-state index contributed by atoms with van der Waals surface area (Å²) in [6, 6.07) is 48.5. The predicted octanol–water partition coefficient (Wildman–Crippen LogP) is 15.7. The third-order valence-electron chi connectivity index (χ3n) is 26.9. The first-order chi connectivity index (χ1) is 69.0. The number of rotatable bonds is 23. The van der Waals surface area contributed by atoms with Gasteiger partial charge in [-0.2, -0.15) is 13.7 Å². The van der Waals surface area contributed by atoms with Crippen LogP contribution in [0.25, 0.3) is 33.8 Å². The number of alkyl carbamates (subject to hydrolysis) is 1. The van der Waals surface area contributed by atoms with E-state index < -0.39 is 96.3 Å². The fraction of sp³-hybridized carbons (Fsp3) is 0.402. The standard InChI is InChI=1S/C31H45N5O5S.C26H30N4O5S.C25H26N6O3S.C25H28N4O4S/c1-20-18-31(6,7)36(19-20)27-24(10-9-17-32-27)28(37)35-42(39,40)26-12-8-11-25(34-26)21(2)22-13-15-23(16-14-22)33-29(38)41-30(3,4)5;1-16-14-26(3,4)30(15-16)23-19(24(31)29-36(33,34)22-7-6-12-27-25(22)32)10-11-20(28-23)18-9-8-17(2)21(13-18)35-5;1-16-13-25(2,3)31(15-16)23-19(10-11-20(29-23)18-8-5-4-7-17(18)14-26)24(32)30-35(33,34)21-9-6-12-28-22(21)27;1-16-7-9-18(10-8-16)20-12-11-19(22(27-20)29-15-17(2)14-25(29,3)4)23(30)28-34(32,33)21-6-5-13-26-24(21)31/h8-12,17,20-23H,13-16,18-19H2,1-7H3,(H,33,38)(H,35,37);6-13,16H,14-15H2,1-5H3,(H,27,32)(H,29,31);4-12,16H,13,15H2,1-3H3,(H2,27,28)(H,30,32);5-13,17H,14-15H2,1-4H3,(H,26,31)(H,28,30)/t;2*16-;17-/m.000/s1. The van der Waals surface area contributed by atoms with E-state index in [0.29, 0.717) is 106 Å². The van der Waals surface area contributed by atoms with Crippen LogP contribution in [0.5, 0.6) is 5.75 Å². The van der Waals surface area contributed by atoms with Crippen molar-refractivity contribution in [3.8, 4) is 45.6 Å². The molecule has 12 heterocycles. The van der Waals surface area contributed by atoms with Gasteiger partial charge in [-0.1, -0.05) is 101 Å². The molecule has 1 saturated carbocycles. The molecule has 9 N–H and O–H groups in total. The minimum atomic E-state index is -4.40. The lowest BCUT2D eigenvalue weighted by Crippen LogP contribution is -2.41. The van der Waals surface area contributed by atoms with E-state index in [1.54, 1.807) is 86.1 Å². The molecule has 5 atom stereocenters. The number of methoxy groups -OCH3 is 1. The lowest BCUT2D eigenvalue weighted by atomic mass is 9.77. The van der Waals surface area contributed by atoms with Gasteiger partial charge in [-0.25, -0.2) is 78.8 Å². The molecule has 3 aromatic carbocycles. The molecular weight excluding hydrogens is 1950 g/mol. The van der Waals surface area contributed by atoms with Crippen molar-refractivity contribution >= 4 is 98.9 Å². The number of nitrogens with zero attached hydrogens (tertiary/aromatic N) is 11. The zero-order chi connectivity index (χ0) is 107. The van der Waals surface area contributed by atoms with Gasteiger partial charge in [-0.05, 0) is 286 Å². The molecule has 4 saturated heterocycles. The average molecular weight is 2080 g/mol. The number of hydrogen-bond donors (Lipinski definition) is 8. The van der Waals surface area contributed by atoms with Gasteiger partial charge in [0.15, 0.2) is 14.8 Å². The topological polar surface area (TPSA) is 506 Å². The third kappa shape index (κ3) is 26.0. The van der Waals surface area contributed by atoms with Crippen LogP contribution in [-0.2, 0) is 44.8 Å². The van der Waals surface area contributed by atoms with E-state index in [4.69, 9.17) is 30.2 Å². The van der Waals surface area contributed by atoms with Gasteiger partial charge in [-0.15, -0.1) is 0 Å². The van der Waals surface area contributed by atoms with Crippen LogP contribution < -0.4 is 65.4 Å².